The zero-order chi connectivity index (χ0) is 15.4. The number of hydrogen-bond acceptors (Lipinski definition) is 5. The minimum Gasteiger partial charge on any atom is -0.428 e. The van der Waals surface area contributed by atoms with Crippen LogP contribution in [0.3, 0.4) is 0 Å². The first kappa shape index (κ1) is 16.4. The van der Waals surface area contributed by atoms with E-state index in [2.05, 4.69) is 0 Å². The molecule has 0 aliphatic heterocycles. The molecule has 0 heterocycles. The maximum absolute atomic E-state index is 11.4. The molecule has 0 amide bonds. The summed E-state index contributed by atoms with van der Waals surface area (Å²) in [6.07, 6.45) is -0.863. The molecule has 112 valence electrons. The summed E-state index contributed by atoms with van der Waals surface area (Å²) in [6, 6.07) is 4.77. The highest BCUT2D eigenvalue weighted by Crippen LogP contribution is 2.16. The number of rotatable bonds is 5. The van der Waals surface area contributed by atoms with Crippen molar-refractivity contribution in [3.63, 3.8) is 0 Å². The van der Waals surface area contributed by atoms with Crippen molar-refractivity contribution in [1.29, 1.82) is 0 Å². The molecule has 1 rings (SSSR count). The number of carbonyl (C=O) groups is 1. The van der Waals surface area contributed by atoms with E-state index in [0.29, 0.717) is 11.0 Å². The van der Waals surface area contributed by atoms with Crippen LogP contribution in [0.25, 0.3) is 0 Å². The van der Waals surface area contributed by atoms with Crippen molar-refractivity contribution in [2.75, 3.05) is 34.3 Å². The Labute approximate surface area is 118 Å². The minimum atomic E-state index is -4.25. The lowest BCUT2D eigenvalue weighted by Crippen LogP contribution is -2.38. The van der Waals surface area contributed by atoms with Crippen molar-refractivity contribution < 1.29 is 31.7 Å². The first-order chi connectivity index (χ1) is 9.08. The molecule has 0 atom stereocenters. The van der Waals surface area contributed by atoms with Crippen LogP contribution in [0.15, 0.2) is 29.2 Å². The fourth-order valence-corrected chi connectivity index (χ4v) is 1.69. The van der Waals surface area contributed by atoms with E-state index in [9.17, 15) is 13.2 Å². The predicted octanol–water partition coefficient (Wildman–Crippen LogP) is 1.15. The predicted molar refractivity (Wildman–Crippen MR) is 71.1 cm³/mol. The number of ether oxygens (including phenoxy) is 2. The Morgan fingerprint density at radius 1 is 1.20 bits per heavy atom. The second kappa shape index (κ2) is 6.21. The van der Waals surface area contributed by atoms with Crippen LogP contribution in [0, 0.1) is 0 Å². The Morgan fingerprint density at radius 3 is 2.20 bits per heavy atom. The molecule has 0 aliphatic rings. The average Bonchev–Trinajstić information content (AvgIpc) is 2.26. The van der Waals surface area contributed by atoms with Crippen molar-refractivity contribution in [3.8, 4) is 5.75 Å². The van der Waals surface area contributed by atoms with E-state index in [1.165, 1.54) is 12.1 Å². The van der Waals surface area contributed by atoms with Crippen LogP contribution in [0.1, 0.15) is 0 Å². The van der Waals surface area contributed by atoms with Gasteiger partial charge in [0.2, 0.25) is 0 Å². The maximum Gasteiger partial charge on any atom is 0.514 e. The van der Waals surface area contributed by atoms with Crippen molar-refractivity contribution in [2.45, 2.75) is 4.90 Å². The molecule has 1 aromatic carbocycles. The van der Waals surface area contributed by atoms with Crippen LogP contribution >= 0.6 is 0 Å². The molecule has 0 fully saturated rings. The summed E-state index contributed by atoms with van der Waals surface area (Å²) in [5, 5.41) is 0. The Morgan fingerprint density at radius 2 is 1.75 bits per heavy atom. The molecule has 0 unspecified atom stereocenters. The number of hydrogen-bond donors (Lipinski definition) is 1. The van der Waals surface area contributed by atoms with Gasteiger partial charge in [-0.25, -0.2) is 4.79 Å². The number of benzene rings is 1. The van der Waals surface area contributed by atoms with E-state index in [4.69, 9.17) is 14.0 Å². The van der Waals surface area contributed by atoms with Crippen molar-refractivity contribution in [1.82, 2.24) is 0 Å². The summed E-state index contributed by atoms with van der Waals surface area (Å²) in [5.41, 5.74) is 0. The summed E-state index contributed by atoms with van der Waals surface area (Å²) in [7, 11) is 1.63. The summed E-state index contributed by atoms with van der Waals surface area (Å²) in [4.78, 5) is 11.1. The van der Waals surface area contributed by atoms with Crippen molar-refractivity contribution in [3.05, 3.63) is 24.3 Å². The number of carbonyl (C=O) groups excluding carboxylic acids is 1. The van der Waals surface area contributed by atoms with Crippen LogP contribution in [-0.4, -0.2) is 57.9 Å². The fourth-order valence-electron chi connectivity index (χ4n) is 1.21. The molecule has 0 saturated heterocycles. The highest BCUT2D eigenvalue weighted by molar-refractivity contribution is 7.85. The van der Waals surface area contributed by atoms with Gasteiger partial charge < -0.3 is 14.0 Å². The highest BCUT2D eigenvalue weighted by atomic mass is 32.2. The zero-order valence-electron chi connectivity index (χ0n) is 11.6. The van der Waals surface area contributed by atoms with Gasteiger partial charge in [-0.05, 0) is 24.3 Å². The second-order valence-electron chi connectivity index (χ2n) is 5.16. The normalized spacial score (nSPS) is 12.0. The van der Waals surface area contributed by atoms with E-state index in [1.54, 1.807) is 0 Å². The lowest BCUT2D eigenvalue weighted by atomic mass is 10.3. The van der Waals surface area contributed by atoms with Crippen LogP contribution in [-0.2, 0) is 14.9 Å². The van der Waals surface area contributed by atoms with Gasteiger partial charge in [-0.2, -0.15) is 8.42 Å². The van der Waals surface area contributed by atoms with E-state index < -0.39 is 16.3 Å². The third-order valence-electron chi connectivity index (χ3n) is 2.30. The first-order valence-electron chi connectivity index (χ1n) is 5.80. The molecule has 0 aliphatic carbocycles. The van der Waals surface area contributed by atoms with Gasteiger partial charge in [-0.15, -0.1) is 0 Å². The summed E-state index contributed by atoms with van der Waals surface area (Å²) < 4.78 is 40.8. The van der Waals surface area contributed by atoms with Gasteiger partial charge in [0.05, 0.1) is 26.0 Å². The quantitative estimate of drug-likeness (QED) is 0.380. The smallest absolute Gasteiger partial charge is 0.428 e. The first-order valence-corrected chi connectivity index (χ1v) is 7.24. The Bertz CT molecular complexity index is 559. The molecule has 1 N–H and O–H groups in total. The van der Waals surface area contributed by atoms with Crippen LogP contribution in [0.5, 0.6) is 5.75 Å². The lowest BCUT2D eigenvalue weighted by molar-refractivity contribution is -0.870. The molecule has 0 radical (unpaired) electrons. The summed E-state index contributed by atoms with van der Waals surface area (Å²) in [5.74, 6) is 0.132. The van der Waals surface area contributed by atoms with Gasteiger partial charge in [0.1, 0.15) is 18.9 Å². The van der Waals surface area contributed by atoms with Crippen LogP contribution in [0.2, 0.25) is 0 Å². The topological polar surface area (TPSA) is 89.9 Å². The molecule has 0 bridgehead atoms. The van der Waals surface area contributed by atoms with E-state index in [-0.39, 0.29) is 17.3 Å². The van der Waals surface area contributed by atoms with Gasteiger partial charge >= 0.3 is 6.16 Å². The molecule has 0 aromatic heterocycles. The van der Waals surface area contributed by atoms with Gasteiger partial charge in [0.15, 0.2) is 0 Å². The third kappa shape index (κ3) is 6.00. The molecular weight excluding hydrogens is 286 g/mol. The number of likely N-dealkylation sites (N-methyl/N-ethyl adjacent to an activating group) is 1. The lowest BCUT2D eigenvalue weighted by Gasteiger charge is -2.23. The largest absolute Gasteiger partial charge is 0.514 e. The molecule has 1 aromatic rings. The molecule has 20 heavy (non-hydrogen) atoms. The third-order valence-corrected chi connectivity index (χ3v) is 3.17. The molecule has 0 spiro atoms. The average molecular weight is 304 g/mol. The number of nitrogens with zero attached hydrogens (tertiary/aromatic N) is 1. The van der Waals surface area contributed by atoms with Crippen LogP contribution < -0.4 is 4.74 Å². The maximum atomic E-state index is 11.4. The Balaban J connectivity index is 2.51. The standard InChI is InChI=1S/C12H17NO6S/c1-13(2,3)8-9-18-12(14)19-10-4-6-11(7-5-10)20(15,16)17/h4-7H,8-9H2,1-3H3/p+1. The van der Waals surface area contributed by atoms with Gasteiger partial charge in [-0.3, -0.25) is 4.55 Å². The van der Waals surface area contributed by atoms with Gasteiger partial charge in [-0.1, -0.05) is 0 Å². The number of quaternary nitrogens is 1. The van der Waals surface area contributed by atoms with E-state index in [1.807, 2.05) is 21.1 Å². The molecular formula is C12H18NO6S+. The second-order valence-corrected chi connectivity index (χ2v) is 6.58. The van der Waals surface area contributed by atoms with Crippen LogP contribution in [0.4, 0.5) is 4.79 Å². The fraction of sp³-hybridized carbons (Fsp3) is 0.417. The summed E-state index contributed by atoms with van der Waals surface area (Å²) in [6.45, 7) is 0.849. The Kier molecular flexibility index (Phi) is 5.09. The monoisotopic (exact) mass is 304 g/mol. The van der Waals surface area contributed by atoms with Gasteiger partial charge in [0.25, 0.3) is 10.1 Å². The van der Waals surface area contributed by atoms with Gasteiger partial charge in [0, 0.05) is 0 Å². The SMILES string of the molecule is C[N+](C)(C)CCOC(=O)Oc1ccc(S(=O)(=O)O)cc1. The zero-order valence-corrected chi connectivity index (χ0v) is 12.4. The summed E-state index contributed by atoms with van der Waals surface area (Å²) >= 11 is 0. The van der Waals surface area contributed by atoms with Crippen molar-refractivity contribution in [2.24, 2.45) is 0 Å². The Hall–Kier alpha value is -1.64. The van der Waals surface area contributed by atoms with E-state index in [0.717, 1.165) is 12.1 Å². The molecule has 8 heteroatoms. The molecule has 7 nitrogen and oxygen atoms in total. The minimum absolute atomic E-state index is 0.132. The van der Waals surface area contributed by atoms with Crippen molar-refractivity contribution >= 4 is 16.3 Å². The molecule has 0 saturated carbocycles. The highest BCUT2D eigenvalue weighted by Gasteiger charge is 2.12. The van der Waals surface area contributed by atoms with E-state index >= 15 is 0 Å².